The van der Waals surface area contributed by atoms with E-state index in [1.165, 1.54) is 0 Å². The minimum Gasteiger partial charge on any atom is -0.394 e. The molecule has 6 aromatic carbocycles. The Bertz CT molecular complexity index is 1870. The summed E-state index contributed by atoms with van der Waals surface area (Å²) in [5, 5.41) is 21.9. The third kappa shape index (κ3) is 14.8. The molecule has 6 aromatic rings. The minimum atomic E-state index is -0.771. The monoisotopic (exact) mass is 808 g/mol. The van der Waals surface area contributed by atoms with Gasteiger partial charge in [0.25, 0.3) is 0 Å². The van der Waals surface area contributed by atoms with Crippen LogP contribution in [0.25, 0.3) is 0 Å². The molecule has 0 aliphatic carbocycles. The molecule has 0 radical (unpaired) electrons. The third-order valence-electron chi connectivity index (χ3n) is 9.99. The van der Waals surface area contributed by atoms with Gasteiger partial charge in [-0.3, -0.25) is 0 Å². The SMILES string of the molecule is OC[C@H](OCc1ccccc1)[C@@H](OCc1ccccc1)[C@@H](/C=C/[C@@H](OCc1ccccc1)[C@H](OCc1ccccc1)[C@H](CO)OCc1ccccc1)OCc1ccccc1. The quantitative estimate of drug-likeness (QED) is 0.0525. The van der Waals surface area contributed by atoms with Crippen molar-refractivity contribution in [2.24, 2.45) is 0 Å². The van der Waals surface area contributed by atoms with Gasteiger partial charge in [0, 0.05) is 0 Å². The Labute approximate surface area is 354 Å². The molecule has 0 saturated carbocycles. The summed E-state index contributed by atoms with van der Waals surface area (Å²) in [5.74, 6) is 0. The van der Waals surface area contributed by atoms with Crippen molar-refractivity contribution < 1.29 is 38.6 Å². The Morgan fingerprint density at radius 3 is 0.750 bits per heavy atom. The molecule has 0 amide bonds. The average Bonchev–Trinajstić information content (AvgIpc) is 3.32. The van der Waals surface area contributed by atoms with Gasteiger partial charge >= 0.3 is 0 Å². The van der Waals surface area contributed by atoms with E-state index in [1.54, 1.807) is 0 Å². The van der Waals surface area contributed by atoms with Crippen molar-refractivity contribution >= 4 is 0 Å². The van der Waals surface area contributed by atoms with Crippen LogP contribution in [0, 0.1) is 0 Å². The van der Waals surface area contributed by atoms with Crippen LogP contribution in [0.3, 0.4) is 0 Å². The number of aliphatic hydroxyl groups is 2. The number of hydrogen-bond acceptors (Lipinski definition) is 8. The van der Waals surface area contributed by atoms with Crippen molar-refractivity contribution in [1.82, 2.24) is 0 Å². The highest BCUT2D eigenvalue weighted by Gasteiger charge is 2.34. The predicted octanol–water partition coefficient (Wildman–Crippen LogP) is 9.04. The van der Waals surface area contributed by atoms with Crippen LogP contribution in [0.4, 0.5) is 0 Å². The number of aliphatic hydroxyl groups excluding tert-OH is 2. The van der Waals surface area contributed by atoms with Crippen molar-refractivity contribution in [3.8, 4) is 0 Å². The van der Waals surface area contributed by atoms with E-state index in [0.29, 0.717) is 0 Å². The molecular formula is C52H56O8. The van der Waals surface area contributed by atoms with Gasteiger partial charge in [0.2, 0.25) is 0 Å². The molecule has 60 heavy (non-hydrogen) atoms. The zero-order valence-electron chi connectivity index (χ0n) is 33.9. The molecule has 6 atom stereocenters. The summed E-state index contributed by atoms with van der Waals surface area (Å²) < 4.78 is 39.8. The molecule has 312 valence electrons. The van der Waals surface area contributed by atoms with E-state index in [2.05, 4.69) is 0 Å². The lowest BCUT2D eigenvalue weighted by Crippen LogP contribution is -2.45. The first kappa shape index (κ1) is 44.3. The van der Waals surface area contributed by atoms with Gasteiger partial charge in [0.05, 0.1) is 52.9 Å². The fraction of sp³-hybridized carbons (Fsp3) is 0.269. The van der Waals surface area contributed by atoms with Gasteiger partial charge in [-0.15, -0.1) is 0 Å². The van der Waals surface area contributed by atoms with Gasteiger partial charge in [0.15, 0.2) is 0 Å². The van der Waals surface area contributed by atoms with Gasteiger partial charge in [-0.25, -0.2) is 0 Å². The summed E-state index contributed by atoms with van der Waals surface area (Å²) in [7, 11) is 0. The average molecular weight is 809 g/mol. The first-order valence-corrected chi connectivity index (χ1v) is 20.5. The number of hydrogen-bond donors (Lipinski definition) is 2. The molecule has 0 heterocycles. The Morgan fingerprint density at radius 2 is 0.517 bits per heavy atom. The van der Waals surface area contributed by atoms with Crippen LogP contribution in [-0.2, 0) is 68.1 Å². The summed E-state index contributed by atoms with van der Waals surface area (Å²) in [6.07, 6.45) is -0.726. The molecule has 2 N–H and O–H groups in total. The third-order valence-corrected chi connectivity index (χ3v) is 9.99. The second-order valence-electron chi connectivity index (χ2n) is 14.5. The lowest BCUT2D eigenvalue weighted by atomic mass is 10.0. The van der Waals surface area contributed by atoms with Crippen LogP contribution in [0.5, 0.6) is 0 Å². The van der Waals surface area contributed by atoms with Crippen molar-refractivity contribution in [1.29, 1.82) is 0 Å². The smallest absolute Gasteiger partial charge is 0.116 e. The first-order chi connectivity index (χ1) is 29.7. The van der Waals surface area contributed by atoms with Gasteiger partial charge in [0.1, 0.15) is 36.6 Å². The largest absolute Gasteiger partial charge is 0.394 e. The number of ether oxygens (including phenoxy) is 6. The lowest BCUT2D eigenvalue weighted by Gasteiger charge is -2.33. The van der Waals surface area contributed by atoms with Crippen LogP contribution in [-0.4, -0.2) is 60.1 Å². The summed E-state index contributed by atoms with van der Waals surface area (Å²) in [6.45, 7) is 0.938. The van der Waals surface area contributed by atoms with Crippen LogP contribution >= 0.6 is 0 Å². The zero-order valence-corrected chi connectivity index (χ0v) is 33.9. The maximum Gasteiger partial charge on any atom is 0.116 e. The van der Waals surface area contributed by atoms with Crippen LogP contribution in [0.1, 0.15) is 33.4 Å². The van der Waals surface area contributed by atoms with Crippen LogP contribution < -0.4 is 0 Å². The van der Waals surface area contributed by atoms with Crippen molar-refractivity contribution in [2.45, 2.75) is 76.3 Å². The van der Waals surface area contributed by atoms with Crippen LogP contribution in [0.2, 0.25) is 0 Å². The van der Waals surface area contributed by atoms with E-state index in [0.717, 1.165) is 33.4 Å². The van der Waals surface area contributed by atoms with Crippen molar-refractivity contribution in [2.75, 3.05) is 13.2 Å². The van der Waals surface area contributed by atoms with Gasteiger partial charge in [-0.2, -0.15) is 0 Å². The van der Waals surface area contributed by atoms with E-state index < -0.39 is 36.6 Å². The predicted molar refractivity (Wildman–Crippen MR) is 233 cm³/mol. The zero-order chi connectivity index (χ0) is 41.5. The van der Waals surface area contributed by atoms with E-state index in [4.69, 9.17) is 28.4 Å². The molecule has 0 spiro atoms. The Morgan fingerprint density at radius 1 is 0.300 bits per heavy atom. The molecule has 0 aromatic heterocycles. The summed E-state index contributed by atoms with van der Waals surface area (Å²) in [5.41, 5.74) is 5.81. The molecule has 0 bridgehead atoms. The topological polar surface area (TPSA) is 95.8 Å². The minimum absolute atomic E-state index is 0.256. The maximum absolute atomic E-state index is 10.9. The first-order valence-electron chi connectivity index (χ1n) is 20.5. The van der Waals surface area contributed by atoms with E-state index in [-0.39, 0.29) is 52.9 Å². The number of benzene rings is 6. The van der Waals surface area contributed by atoms with Gasteiger partial charge in [-0.05, 0) is 33.4 Å². The normalized spacial score (nSPS) is 14.6. The molecule has 0 saturated heterocycles. The van der Waals surface area contributed by atoms with Crippen LogP contribution in [0.15, 0.2) is 194 Å². The lowest BCUT2D eigenvalue weighted by molar-refractivity contribution is -0.153. The molecule has 0 unspecified atom stereocenters. The Balaban J connectivity index is 1.36. The summed E-state index contributed by atoms with van der Waals surface area (Å²) in [4.78, 5) is 0. The maximum atomic E-state index is 10.9. The molecular weight excluding hydrogens is 753 g/mol. The standard InChI is InChI=1S/C52H56O8/c53-33-49(57-37-43-23-11-3-12-24-43)51(59-39-45-27-15-5-16-28-45)47(55-35-41-19-7-1-8-20-41)31-32-48(56-36-42-21-9-2-10-22-42)52(60-40-46-29-17-6-18-30-46)50(34-54)58-38-44-25-13-4-14-26-44/h1-32,47-54H,33-40H2/b32-31+/t47-,48-,49+,50+,51+,52+/m1/s1. The number of rotatable bonds is 26. The highest BCUT2D eigenvalue weighted by atomic mass is 16.6. The van der Waals surface area contributed by atoms with Gasteiger partial charge in [-0.1, -0.05) is 194 Å². The van der Waals surface area contributed by atoms with Gasteiger partial charge < -0.3 is 38.6 Å². The summed E-state index contributed by atoms with van der Waals surface area (Å²) >= 11 is 0. The highest BCUT2D eigenvalue weighted by Crippen LogP contribution is 2.24. The molecule has 0 fully saturated rings. The molecule has 6 rings (SSSR count). The van der Waals surface area contributed by atoms with E-state index >= 15 is 0 Å². The fourth-order valence-electron chi connectivity index (χ4n) is 6.69. The van der Waals surface area contributed by atoms with E-state index in [9.17, 15) is 10.2 Å². The van der Waals surface area contributed by atoms with Crippen molar-refractivity contribution in [3.63, 3.8) is 0 Å². The Kier molecular flexibility index (Phi) is 18.7. The fourth-order valence-corrected chi connectivity index (χ4v) is 6.69. The van der Waals surface area contributed by atoms with Crippen molar-refractivity contribution in [3.05, 3.63) is 228 Å². The second kappa shape index (κ2) is 25.4. The second-order valence-corrected chi connectivity index (χ2v) is 14.5. The molecule has 0 aliphatic heterocycles. The molecule has 0 aliphatic rings. The van der Waals surface area contributed by atoms with E-state index in [1.807, 2.05) is 194 Å². The molecule has 8 nitrogen and oxygen atoms in total. The summed E-state index contributed by atoms with van der Waals surface area (Å²) in [6, 6.07) is 59.3. The Hall–Kier alpha value is -5.26. The molecule has 8 heteroatoms. The highest BCUT2D eigenvalue weighted by molar-refractivity contribution is 5.18.